The smallest absolute Gasteiger partial charge is 0.281 e. The van der Waals surface area contributed by atoms with Gasteiger partial charge in [-0.05, 0) is 28.2 Å². The summed E-state index contributed by atoms with van der Waals surface area (Å²) in [4.78, 5) is 16.1. The Hall–Kier alpha value is -2.80. The molecule has 0 atom stereocenters. The Morgan fingerprint density at radius 3 is 2.55 bits per heavy atom. The number of rotatable bonds is 5. The van der Waals surface area contributed by atoms with Crippen molar-refractivity contribution in [1.29, 1.82) is 0 Å². The predicted molar refractivity (Wildman–Crippen MR) is 109 cm³/mol. The van der Waals surface area contributed by atoms with Crippen molar-refractivity contribution in [2.24, 2.45) is 0 Å². The van der Waals surface area contributed by atoms with Crippen molar-refractivity contribution < 1.29 is 26.4 Å². The molecule has 0 aliphatic rings. The van der Waals surface area contributed by atoms with Crippen LogP contribution in [0.15, 0.2) is 56.1 Å². The summed E-state index contributed by atoms with van der Waals surface area (Å²) in [6.45, 7) is 0. The average molecular weight is 506 g/mol. The molecule has 31 heavy (non-hydrogen) atoms. The van der Waals surface area contributed by atoms with Crippen LogP contribution in [0.5, 0.6) is 0 Å². The van der Waals surface area contributed by atoms with Gasteiger partial charge in [-0.25, -0.2) is 23.3 Å². The van der Waals surface area contributed by atoms with Crippen molar-refractivity contribution in [2.45, 2.75) is 5.03 Å². The highest BCUT2D eigenvalue weighted by molar-refractivity contribution is 7.92. The zero-order valence-corrected chi connectivity index (χ0v) is 18.0. The molecule has 0 aliphatic carbocycles. The first-order chi connectivity index (χ1) is 14.7. The number of hydrogen-bond acceptors (Lipinski definition) is 6. The van der Waals surface area contributed by atoms with Crippen LogP contribution >= 0.6 is 34.5 Å². The van der Waals surface area contributed by atoms with E-state index in [1.807, 2.05) is 0 Å². The molecule has 0 spiro atoms. The Kier molecular flexibility index (Phi) is 5.56. The van der Waals surface area contributed by atoms with Gasteiger partial charge in [0.05, 0.1) is 10.7 Å². The SMILES string of the molecule is O=c1o[nH][n+](-c2ccc(Cl)cc2)c1S(=O)(=O)Nc1nc(-c2cc(Cl)c(F)cc2F)cs1. The monoisotopic (exact) mass is 505 g/mol. The Morgan fingerprint density at radius 1 is 1.13 bits per heavy atom. The van der Waals surface area contributed by atoms with E-state index in [-0.39, 0.29) is 27.1 Å². The molecule has 2 aromatic heterocycles. The Balaban J connectivity index is 1.69. The summed E-state index contributed by atoms with van der Waals surface area (Å²) in [6, 6.07) is 7.56. The summed E-state index contributed by atoms with van der Waals surface area (Å²) in [7, 11) is -4.47. The summed E-state index contributed by atoms with van der Waals surface area (Å²) in [6.07, 6.45) is 0. The second kappa shape index (κ2) is 8.04. The molecule has 0 radical (unpaired) electrons. The minimum absolute atomic E-state index is 0.0220. The molecule has 160 valence electrons. The van der Waals surface area contributed by atoms with E-state index in [0.717, 1.165) is 22.1 Å². The summed E-state index contributed by atoms with van der Waals surface area (Å²) in [5.41, 5.74) is -0.992. The van der Waals surface area contributed by atoms with Gasteiger partial charge in [-0.3, -0.25) is 4.52 Å². The highest BCUT2D eigenvalue weighted by Gasteiger charge is 2.37. The maximum absolute atomic E-state index is 14.1. The molecule has 4 rings (SSSR count). The van der Waals surface area contributed by atoms with E-state index in [0.29, 0.717) is 11.1 Å². The minimum Gasteiger partial charge on any atom is -0.281 e. The van der Waals surface area contributed by atoms with Gasteiger partial charge in [0, 0.05) is 34.2 Å². The van der Waals surface area contributed by atoms with E-state index >= 15 is 0 Å². The Morgan fingerprint density at radius 2 is 1.84 bits per heavy atom. The summed E-state index contributed by atoms with van der Waals surface area (Å²) < 4.78 is 60.8. The number of H-pyrrole nitrogens is 1. The lowest BCUT2D eigenvalue weighted by Crippen LogP contribution is -2.42. The number of anilines is 1. The fourth-order valence-electron chi connectivity index (χ4n) is 2.58. The number of benzene rings is 2. The first kappa shape index (κ1) is 21.4. The number of aromatic nitrogens is 3. The number of hydrogen-bond donors (Lipinski definition) is 2. The van der Waals surface area contributed by atoms with Crippen molar-refractivity contribution in [3.8, 4) is 16.9 Å². The van der Waals surface area contributed by atoms with Crippen LogP contribution < -0.4 is 15.0 Å². The molecule has 2 heterocycles. The van der Waals surface area contributed by atoms with Crippen LogP contribution in [0.25, 0.3) is 16.9 Å². The molecule has 8 nitrogen and oxygen atoms in total. The van der Waals surface area contributed by atoms with Gasteiger partial charge in [-0.15, -0.1) is 11.3 Å². The Bertz CT molecular complexity index is 1450. The fourth-order valence-corrected chi connectivity index (χ4v) is 4.96. The lowest BCUT2D eigenvalue weighted by Gasteiger charge is -2.02. The van der Waals surface area contributed by atoms with Crippen LogP contribution in [-0.4, -0.2) is 18.7 Å². The highest BCUT2D eigenvalue weighted by atomic mass is 35.5. The van der Waals surface area contributed by atoms with E-state index < -0.39 is 32.3 Å². The van der Waals surface area contributed by atoms with Crippen LogP contribution in [0.1, 0.15) is 0 Å². The molecule has 0 unspecified atom stereocenters. The zero-order chi connectivity index (χ0) is 22.3. The molecule has 0 saturated heterocycles. The van der Waals surface area contributed by atoms with E-state index in [2.05, 4.69) is 19.5 Å². The summed E-state index contributed by atoms with van der Waals surface area (Å²) in [5.74, 6) is -1.86. The Labute approximate surface area is 186 Å². The largest absolute Gasteiger partial charge is 0.449 e. The second-order valence-corrected chi connectivity index (χ2v) is 9.29. The average Bonchev–Trinajstić information content (AvgIpc) is 3.32. The molecule has 0 bridgehead atoms. The van der Waals surface area contributed by atoms with Gasteiger partial charge < -0.3 is 0 Å². The van der Waals surface area contributed by atoms with Crippen molar-refractivity contribution in [3.05, 3.63) is 73.9 Å². The normalized spacial score (nSPS) is 11.6. The molecular formula is C17H9Cl2F2N4O4S2+. The van der Waals surface area contributed by atoms with Crippen LogP contribution in [0.4, 0.5) is 13.9 Å². The molecule has 4 aromatic rings. The molecule has 0 aliphatic heterocycles. The van der Waals surface area contributed by atoms with E-state index in [9.17, 15) is 22.0 Å². The molecule has 0 saturated carbocycles. The number of nitrogens with one attached hydrogen (secondary N) is 2. The number of nitrogens with zero attached hydrogens (tertiary/aromatic N) is 2. The first-order valence-corrected chi connectivity index (χ1v) is 11.3. The standard InChI is InChI=1S/C17H8Cl2F2N4O4S2/c18-8-1-3-9(4-2-8)25-15(16(26)29-24-25)31(27,28)23-17-22-14(7-30-17)10-5-11(19)13(21)6-12(10)20/h1-7H,(H-,22,23,24,26)/p+1. The summed E-state index contributed by atoms with van der Waals surface area (Å²) in [5, 5.41) is 2.72. The molecule has 2 N–H and O–H groups in total. The van der Waals surface area contributed by atoms with E-state index in [1.54, 1.807) is 0 Å². The third-order valence-electron chi connectivity index (χ3n) is 3.96. The third kappa shape index (κ3) is 4.19. The first-order valence-electron chi connectivity index (χ1n) is 8.18. The van der Waals surface area contributed by atoms with Crippen molar-refractivity contribution >= 4 is 49.7 Å². The van der Waals surface area contributed by atoms with Gasteiger partial charge >= 0.3 is 20.7 Å². The maximum Gasteiger partial charge on any atom is 0.449 e. The zero-order valence-electron chi connectivity index (χ0n) is 14.9. The van der Waals surface area contributed by atoms with Crippen molar-refractivity contribution in [1.82, 2.24) is 10.3 Å². The number of sulfonamides is 1. The minimum atomic E-state index is -4.47. The van der Waals surface area contributed by atoms with Gasteiger partial charge in [0.1, 0.15) is 11.6 Å². The molecule has 0 amide bonds. The fraction of sp³-hybridized carbons (Fsp3) is 0. The van der Waals surface area contributed by atoms with Gasteiger partial charge in [-0.1, -0.05) is 23.2 Å². The summed E-state index contributed by atoms with van der Waals surface area (Å²) >= 11 is 12.3. The number of aromatic amines is 1. The maximum atomic E-state index is 14.1. The molecular weight excluding hydrogens is 497 g/mol. The van der Waals surface area contributed by atoms with Gasteiger partial charge in [0.2, 0.25) is 5.69 Å². The third-order valence-corrected chi connectivity index (χ3v) is 6.71. The van der Waals surface area contributed by atoms with E-state index in [4.69, 9.17) is 23.2 Å². The van der Waals surface area contributed by atoms with Gasteiger partial charge in [0.25, 0.3) is 0 Å². The van der Waals surface area contributed by atoms with Crippen molar-refractivity contribution in [2.75, 3.05) is 4.72 Å². The van der Waals surface area contributed by atoms with Crippen LogP contribution in [-0.2, 0) is 10.0 Å². The molecule has 0 fully saturated rings. The lowest BCUT2D eigenvalue weighted by atomic mass is 10.1. The van der Waals surface area contributed by atoms with Crippen molar-refractivity contribution in [3.63, 3.8) is 0 Å². The molecule has 14 heteroatoms. The van der Waals surface area contributed by atoms with Crippen LogP contribution in [0.2, 0.25) is 10.0 Å². The predicted octanol–water partition coefficient (Wildman–Crippen LogP) is 3.75. The number of thiazole rings is 1. The topological polar surface area (TPSA) is 109 Å². The van der Waals surface area contributed by atoms with Gasteiger partial charge in [-0.2, -0.15) is 8.42 Å². The van der Waals surface area contributed by atoms with E-state index in [1.165, 1.54) is 29.6 Å². The van der Waals surface area contributed by atoms with Crippen LogP contribution in [0.3, 0.4) is 0 Å². The quantitative estimate of drug-likeness (QED) is 0.317. The second-order valence-electron chi connectivity index (χ2n) is 5.99. The highest BCUT2D eigenvalue weighted by Crippen LogP contribution is 2.31. The van der Waals surface area contributed by atoms with Crippen LogP contribution in [0, 0.1) is 11.6 Å². The molecule has 2 aromatic carbocycles. The number of halogens is 4. The van der Waals surface area contributed by atoms with Gasteiger partial charge in [0.15, 0.2) is 5.13 Å². The lowest BCUT2D eigenvalue weighted by molar-refractivity contribution is -0.705.